The third-order valence-electron chi connectivity index (χ3n) is 5.52. The van der Waals surface area contributed by atoms with Crippen LogP contribution in [-0.4, -0.2) is 36.4 Å². The lowest BCUT2D eigenvalue weighted by molar-refractivity contribution is -0.138. The van der Waals surface area contributed by atoms with E-state index in [2.05, 4.69) is 17.5 Å². The van der Waals surface area contributed by atoms with E-state index in [0.717, 1.165) is 18.3 Å². The number of ether oxygens (including phenoxy) is 1. The van der Waals surface area contributed by atoms with Crippen LogP contribution in [0.15, 0.2) is 12.2 Å². The van der Waals surface area contributed by atoms with Crippen molar-refractivity contribution in [1.82, 2.24) is 5.32 Å². The summed E-state index contributed by atoms with van der Waals surface area (Å²) in [5.74, 6) is 0.991. The summed E-state index contributed by atoms with van der Waals surface area (Å²) in [7, 11) is 0. The van der Waals surface area contributed by atoms with E-state index in [4.69, 9.17) is 15.6 Å². The quantitative estimate of drug-likeness (QED) is 0.466. The Morgan fingerprint density at radius 2 is 2.27 bits per heavy atom. The van der Waals surface area contributed by atoms with Gasteiger partial charge >= 0.3 is 12.1 Å². The minimum atomic E-state index is -0.981. The zero-order chi connectivity index (χ0) is 15.7. The Balaban J connectivity index is 1.23. The maximum absolute atomic E-state index is 11.6. The van der Waals surface area contributed by atoms with E-state index in [0.29, 0.717) is 43.7 Å². The highest BCUT2D eigenvalue weighted by molar-refractivity contribution is 5.72. The minimum absolute atomic E-state index is 0.371. The van der Waals surface area contributed by atoms with Gasteiger partial charge < -0.3 is 20.9 Å². The zero-order valence-corrected chi connectivity index (χ0v) is 12.7. The van der Waals surface area contributed by atoms with Crippen molar-refractivity contribution in [2.75, 3.05) is 13.2 Å². The van der Waals surface area contributed by atoms with Crippen molar-refractivity contribution in [3.05, 3.63) is 12.2 Å². The average Bonchev–Trinajstić information content (AvgIpc) is 3.19. The number of hydrogen-bond acceptors (Lipinski definition) is 4. The first-order chi connectivity index (χ1) is 10.5. The normalized spacial score (nSPS) is 35.0. The SMILES string of the molecule is NC(CCCCNC(=O)OCC1CC2C=CC23CC13)C(=O)O. The molecule has 4 N–H and O–H groups in total. The van der Waals surface area contributed by atoms with Gasteiger partial charge in [-0.25, -0.2) is 4.79 Å². The second-order valence-electron chi connectivity index (χ2n) is 6.85. The van der Waals surface area contributed by atoms with Crippen LogP contribution in [0.1, 0.15) is 32.1 Å². The Kier molecular flexibility index (Phi) is 4.12. The third kappa shape index (κ3) is 2.84. The van der Waals surface area contributed by atoms with Crippen LogP contribution in [0.25, 0.3) is 0 Å². The Labute approximate surface area is 130 Å². The van der Waals surface area contributed by atoms with Crippen LogP contribution in [0.3, 0.4) is 0 Å². The van der Waals surface area contributed by atoms with Gasteiger partial charge in [0, 0.05) is 6.54 Å². The van der Waals surface area contributed by atoms with Crippen molar-refractivity contribution in [3.63, 3.8) is 0 Å². The molecule has 2 fully saturated rings. The number of unbranched alkanes of at least 4 members (excludes halogenated alkanes) is 1. The number of carbonyl (C=O) groups is 2. The third-order valence-corrected chi connectivity index (χ3v) is 5.52. The van der Waals surface area contributed by atoms with Crippen molar-refractivity contribution in [1.29, 1.82) is 0 Å². The van der Waals surface area contributed by atoms with Crippen LogP contribution in [0, 0.1) is 23.2 Å². The number of allylic oxidation sites excluding steroid dienone is 2. The van der Waals surface area contributed by atoms with Crippen LogP contribution in [0.2, 0.25) is 0 Å². The van der Waals surface area contributed by atoms with Gasteiger partial charge in [0.1, 0.15) is 6.04 Å². The lowest BCUT2D eigenvalue weighted by Crippen LogP contribution is -2.30. The van der Waals surface area contributed by atoms with Crippen LogP contribution in [0.5, 0.6) is 0 Å². The lowest BCUT2D eigenvalue weighted by Gasteiger charge is -2.25. The van der Waals surface area contributed by atoms with Crippen LogP contribution >= 0.6 is 0 Å². The maximum Gasteiger partial charge on any atom is 0.407 e. The van der Waals surface area contributed by atoms with Crippen molar-refractivity contribution >= 4 is 12.1 Å². The summed E-state index contributed by atoms with van der Waals surface area (Å²) in [6.45, 7) is 1.01. The van der Waals surface area contributed by atoms with E-state index < -0.39 is 12.0 Å². The average molecular weight is 308 g/mol. The number of carboxylic acid groups (broad SMARTS) is 1. The molecule has 3 aliphatic rings. The highest BCUT2D eigenvalue weighted by Gasteiger charge is 2.67. The second kappa shape index (κ2) is 5.91. The largest absolute Gasteiger partial charge is 0.480 e. The molecule has 2 saturated carbocycles. The molecular weight excluding hydrogens is 284 g/mol. The molecule has 122 valence electrons. The van der Waals surface area contributed by atoms with E-state index in [-0.39, 0.29) is 6.09 Å². The topological polar surface area (TPSA) is 102 Å². The molecule has 0 aliphatic heterocycles. The summed E-state index contributed by atoms with van der Waals surface area (Å²) in [6, 6.07) is -0.816. The summed E-state index contributed by atoms with van der Waals surface area (Å²) >= 11 is 0. The van der Waals surface area contributed by atoms with E-state index in [1.165, 1.54) is 6.42 Å². The number of carboxylic acids is 1. The number of nitrogens with one attached hydrogen (secondary N) is 1. The maximum atomic E-state index is 11.6. The number of nitrogens with two attached hydrogens (primary N) is 1. The fourth-order valence-corrected chi connectivity index (χ4v) is 4.03. The molecule has 22 heavy (non-hydrogen) atoms. The van der Waals surface area contributed by atoms with Gasteiger partial charge in [0.15, 0.2) is 0 Å². The molecule has 6 nitrogen and oxygen atoms in total. The fourth-order valence-electron chi connectivity index (χ4n) is 4.03. The number of amides is 1. The summed E-state index contributed by atoms with van der Waals surface area (Å²) < 4.78 is 5.31. The van der Waals surface area contributed by atoms with Gasteiger partial charge in [-0.2, -0.15) is 0 Å². The van der Waals surface area contributed by atoms with Gasteiger partial charge in [-0.15, -0.1) is 0 Å². The fraction of sp³-hybridized carbons (Fsp3) is 0.750. The first-order valence-electron chi connectivity index (χ1n) is 8.11. The number of alkyl carbamates (subject to hydrolysis) is 1. The number of carbonyl (C=O) groups excluding carboxylic acids is 1. The second-order valence-corrected chi connectivity index (χ2v) is 6.85. The standard InChI is InChI=1S/C16H24N2O4/c17-13(14(19)20)3-1-2-6-18-15(21)22-9-10-7-11-4-5-16(11)8-12(10)16/h4-5,10-13H,1-3,6-9,17H2,(H,18,21)(H,19,20). The van der Waals surface area contributed by atoms with Gasteiger partial charge in [-0.3, -0.25) is 4.79 Å². The molecule has 0 aromatic heterocycles. The number of hydrogen-bond donors (Lipinski definition) is 3. The van der Waals surface area contributed by atoms with Crippen molar-refractivity contribution in [2.45, 2.75) is 38.1 Å². The van der Waals surface area contributed by atoms with Gasteiger partial charge in [0.05, 0.1) is 6.61 Å². The highest BCUT2D eigenvalue weighted by atomic mass is 16.5. The molecular formula is C16H24N2O4. The van der Waals surface area contributed by atoms with E-state index in [9.17, 15) is 9.59 Å². The highest BCUT2D eigenvalue weighted by Crippen LogP contribution is 2.74. The molecule has 1 spiro atoms. The Morgan fingerprint density at radius 3 is 2.82 bits per heavy atom. The molecule has 0 aromatic carbocycles. The Hall–Kier alpha value is -1.56. The molecule has 3 aliphatic carbocycles. The lowest BCUT2D eigenvalue weighted by atomic mass is 9.80. The monoisotopic (exact) mass is 308 g/mol. The molecule has 1 amide bonds. The molecule has 0 aromatic rings. The van der Waals surface area contributed by atoms with E-state index in [1.807, 2.05) is 0 Å². The summed E-state index contributed by atoms with van der Waals surface area (Å²) in [5.41, 5.74) is 5.90. The van der Waals surface area contributed by atoms with Crippen molar-refractivity contribution in [3.8, 4) is 0 Å². The molecule has 0 radical (unpaired) electrons. The van der Waals surface area contributed by atoms with Gasteiger partial charge in [0.25, 0.3) is 0 Å². The zero-order valence-electron chi connectivity index (χ0n) is 12.7. The van der Waals surface area contributed by atoms with E-state index >= 15 is 0 Å². The van der Waals surface area contributed by atoms with Crippen molar-refractivity contribution < 1.29 is 19.4 Å². The number of aliphatic carboxylic acids is 1. The Bertz CT molecular complexity index is 493. The first kappa shape index (κ1) is 15.3. The molecule has 6 heteroatoms. The van der Waals surface area contributed by atoms with Gasteiger partial charge in [0.2, 0.25) is 0 Å². The predicted octanol–water partition coefficient (Wildman–Crippen LogP) is 1.51. The summed E-state index contributed by atoms with van der Waals surface area (Å²) in [5, 5.41) is 11.4. The molecule has 3 rings (SSSR count). The molecule has 5 atom stereocenters. The van der Waals surface area contributed by atoms with Crippen molar-refractivity contribution in [2.24, 2.45) is 28.9 Å². The predicted molar refractivity (Wildman–Crippen MR) is 80.1 cm³/mol. The molecule has 0 bridgehead atoms. The van der Waals surface area contributed by atoms with Gasteiger partial charge in [-0.05, 0) is 55.3 Å². The van der Waals surface area contributed by atoms with E-state index in [1.54, 1.807) is 0 Å². The number of rotatable bonds is 8. The molecule has 0 heterocycles. The Morgan fingerprint density at radius 1 is 1.45 bits per heavy atom. The van der Waals surface area contributed by atoms with Crippen LogP contribution in [-0.2, 0) is 9.53 Å². The summed E-state index contributed by atoms with van der Waals surface area (Å²) in [6.07, 6.45) is 8.49. The minimum Gasteiger partial charge on any atom is -0.480 e. The smallest absolute Gasteiger partial charge is 0.407 e. The molecule has 5 unspecified atom stereocenters. The van der Waals surface area contributed by atoms with Crippen LogP contribution < -0.4 is 11.1 Å². The van der Waals surface area contributed by atoms with Gasteiger partial charge in [-0.1, -0.05) is 12.2 Å². The first-order valence-corrected chi connectivity index (χ1v) is 8.11. The van der Waals surface area contributed by atoms with Crippen LogP contribution in [0.4, 0.5) is 4.79 Å². The molecule has 0 saturated heterocycles. The summed E-state index contributed by atoms with van der Waals surface area (Å²) in [4.78, 5) is 22.2.